The number of pyridine rings is 1. The van der Waals surface area contributed by atoms with Crippen LogP contribution in [0.3, 0.4) is 0 Å². The topological polar surface area (TPSA) is 213 Å². The fourth-order valence-electron chi connectivity index (χ4n) is 7.46. The molecule has 20 heteroatoms. The number of piperidine rings is 1. The summed E-state index contributed by atoms with van der Waals surface area (Å²) < 4.78 is 74.8. The Morgan fingerprint density at radius 2 is 1.43 bits per heavy atom. The van der Waals surface area contributed by atoms with Gasteiger partial charge in [-0.15, -0.1) is 0 Å². The Morgan fingerprint density at radius 3 is 1.97 bits per heavy atom. The number of carbonyl (C=O) groups is 4. The molecule has 0 bridgehead atoms. The number of carbonyl (C=O) groups excluding carboxylic acids is 2. The molecule has 0 saturated carbocycles. The number of benzene rings is 3. The number of amides is 1. The van der Waals surface area contributed by atoms with Crippen LogP contribution < -0.4 is 5.56 Å². The maximum Gasteiger partial charge on any atom is 0.416 e. The minimum Gasteiger partial charge on any atom is -0.479 e. The fourth-order valence-corrected chi connectivity index (χ4v) is 7.46. The molecule has 0 unspecified atom stereocenters. The third-order valence-electron chi connectivity index (χ3n) is 11.3. The number of carboxylic acid groups (broad SMARTS) is 2. The number of aliphatic carboxylic acids is 2. The molecule has 5 aromatic rings. The lowest BCUT2D eigenvalue weighted by atomic mass is 9.95. The van der Waals surface area contributed by atoms with Crippen LogP contribution in [0.25, 0.3) is 22.2 Å². The zero-order chi connectivity index (χ0) is 49.4. The van der Waals surface area contributed by atoms with Crippen LogP contribution in [0.5, 0.6) is 0 Å². The highest BCUT2D eigenvalue weighted by Gasteiger charge is 2.40. The Morgan fingerprint density at radius 1 is 0.851 bits per heavy atom. The van der Waals surface area contributed by atoms with E-state index in [9.17, 15) is 45.9 Å². The molecule has 1 saturated heterocycles. The second-order valence-corrected chi connectivity index (χ2v) is 16.6. The molecule has 67 heavy (non-hydrogen) atoms. The van der Waals surface area contributed by atoms with Crippen molar-refractivity contribution in [3.63, 3.8) is 0 Å². The average molecular weight is 940 g/mol. The molecule has 1 aliphatic heterocycles. The number of alkyl halides is 3. The zero-order valence-electron chi connectivity index (χ0n) is 36.9. The van der Waals surface area contributed by atoms with E-state index in [0.717, 1.165) is 29.8 Å². The van der Waals surface area contributed by atoms with E-state index < -0.39 is 58.6 Å². The van der Waals surface area contributed by atoms with Gasteiger partial charge in [0.25, 0.3) is 5.56 Å². The normalized spacial score (nSPS) is 14.5. The summed E-state index contributed by atoms with van der Waals surface area (Å²) in [5.74, 6) is -5.41. The molecule has 3 aromatic carbocycles. The first kappa shape index (κ1) is 51.3. The smallest absolute Gasteiger partial charge is 0.416 e. The van der Waals surface area contributed by atoms with Crippen LogP contribution in [0.4, 0.5) is 22.0 Å². The summed E-state index contributed by atoms with van der Waals surface area (Å²) >= 11 is 0. The van der Waals surface area contributed by atoms with Crippen molar-refractivity contribution in [3.05, 3.63) is 130 Å². The number of likely N-dealkylation sites (tertiary alicyclic amines) is 1. The van der Waals surface area contributed by atoms with Crippen molar-refractivity contribution < 1.29 is 66.3 Å². The second kappa shape index (κ2) is 21.8. The van der Waals surface area contributed by atoms with Crippen molar-refractivity contribution >= 4 is 34.8 Å². The minimum absolute atomic E-state index is 0.0585. The first-order valence-electron chi connectivity index (χ1n) is 21.1. The molecule has 1 amide bonds. The molecule has 1 fully saturated rings. The lowest BCUT2D eigenvalue weighted by Crippen LogP contribution is -2.57. The predicted octanol–water partition coefficient (Wildman–Crippen LogP) is 5.64. The van der Waals surface area contributed by atoms with Gasteiger partial charge in [-0.2, -0.15) is 18.2 Å². The molecule has 0 radical (unpaired) electrons. The summed E-state index contributed by atoms with van der Waals surface area (Å²) in [5, 5.41) is 32.7. The molecular formula is C47H50F5N5O10. The summed E-state index contributed by atoms with van der Waals surface area (Å²) in [6.45, 7) is 8.16. The van der Waals surface area contributed by atoms with Crippen LogP contribution in [-0.2, 0) is 56.0 Å². The van der Waals surface area contributed by atoms with Crippen molar-refractivity contribution in [2.45, 2.75) is 103 Å². The Bertz CT molecular complexity index is 2600. The lowest BCUT2D eigenvalue weighted by Gasteiger charge is -2.44. The van der Waals surface area contributed by atoms with E-state index in [-0.39, 0.29) is 72.4 Å². The molecular weight excluding hydrogens is 890 g/mol. The van der Waals surface area contributed by atoms with Gasteiger partial charge in [0.1, 0.15) is 35.2 Å². The number of carboxylic acids is 2. The van der Waals surface area contributed by atoms with Crippen LogP contribution in [0.15, 0.2) is 89.9 Å². The zero-order valence-corrected chi connectivity index (χ0v) is 36.9. The number of halogens is 5. The number of hydrogen-bond acceptors (Lipinski definition) is 11. The number of rotatable bonds is 15. The summed E-state index contributed by atoms with van der Waals surface area (Å²) in [4.78, 5) is 72.9. The van der Waals surface area contributed by atoms with Crippen molar-refractivity contribution in [2.75, 3.05) is 13.1 Å². The van der Waals surface area contributed by atoms with E-state index in [1.165, 1.54) is 24.4 Å². The number of ether oxygens (including phenoxy) is 1. The van der Waals surface area contributed by atoms with Gasteiger partial charge >= 0.3 is 24.1 Å². The highest BCUT2D eigenvalue weighted by Crippen LogP contribution is 2.32. The van der Waals surface area contributed by atoms with E-state index in [1.807, 2.05) is 30.9 Å². The van der Waals surface area contributed by atoms with Crippen molar-refractivity contribution in [3.8, 4) is 11.1 Å². The molecule has 1 aliphatic rings. The van der Waals surface area contributed by atoms with Crippen LogP contribution in [0.2, 0.25) is 0 Å². The first-order chi connectivity index (χ1) is 31.5. The SMILES string of the molecule is CC(C)OC(=O)C(C)(C)N1CCC(N(Cc2ccc(-c3ccc(C(F)(F)F)cc3)cc2)C(=O)Cn2c(CCc3ccc(F)cc3F)nc(=O)c3cccnc32)CC1.O=C(O)[C@H](O)[C@@H](O)C(=O)O. The van der Waals surface area contributed by atoms with E-state index >= 15 is 0 Å². The van der Waals surface area contributed by atoms with Gasteiger partial charge in [-0.3, -0.25) is 19.3 Å². The van der Waals surface area contributed by atoms with Crippen LogP contribution >= 0.6 is 0 Å². The molecule has 2 aromatic heterocycles. The molecule has 6 rings (SSSR count). The molecule has 0 spiro atoms. The second-order valence-electron chi connectivity index (χ2n) is 16.6. The first-order valence-corrected chi connectivity index (χ1v) is 21.1. The number of fused-ring (bicyclic) bond motifs is 1. The molecule has 4 N–H and O–H groups in total. The van der Waals surface area contributed by atoms with Gasteiger partial charge in [0, 0.05) is 44.4 Å². The third kappa shape index (κ3) is 13.0. The molecule has 3 heterocycles. The standard InChI is InChI=1S/C43H44F5N5O4.C4H6O6/c1-27(2)57-41(56)42(3,4)51-22-19-34(20-23-51)52(25-28-7-9-29(10-8-28)30-11-15-32(16-12-30)43(46,47)48)38(54)26-53-37(18-14-31-13-17-33(44)24-36(31)45)50-40(55)35-6-5-21-49-39(35)53;5-1(3(7)8)2(6)4(9)10/h5-13,15-17,21,24,27,34H,14,18-20,22-23,25-26H2,1-4H3;1-2,5-6H,(H,7,8)(H,9,10)/t;1-,2-/m.1/s1. The van der Waals surface area contributed by atoms with Gasteiger partial charge in [-0.25, -0.2) is 23.4 Å². The van der Waals surface area contributed by atoms with Crippen LogP contribution in [0, 0.1) is 11.6 Å². The number of hydrogen-bond donors (Lipinski definition) is 4. The highest BCUT2D eigenvalue weighted by atomic mass is 19.4. The minimum atomic E-state index is -4.45. The van der Waals surface area contributed by atoms with Gasteiger partial charge in [0.15, 0.2) is 12.2 Å². The third-order valence-corrected chi connectivity index (χ3v) is 11.3. The summed E-state index contributed by atoms with van der Waals surface area (Å²) in [6, 6.07) is 18.3. The molecule has 358 valence electrons. The van der Waals surface area contributed by atoms with Crippen LogP contribution in [-0.4, -0.2) is 112 Å². The quantitative estimate of drug-likeness (QED) is 0.0740. The van der Waals surface area contributed by atoms with Crippen LogP contribution in [0.1, 0.15) is 63.1 Å². The van der Waals surface area contributed by atoms with E-state index in [0.29, 0.717) is 37.1 Å². The number of nitrogens with zero attached hydrogens (tertiary/aromatic N) is 5. The average Bonchev–Trinajstić information content (AvgIpc) is 3.28. The van der Waals surface area contributed by atoms with Gasteiger partial charge in [0.05, 0.1) is 17.1 Å². The predicted molar refractivity (Wildman–Crippen MR) is 232 cm³/mol. The number of esters is 1. The van der Waals surface area contributed by atoms with Crippen molar-refractivity contribution in [1.29, 1.82) is 0 Å². The maximum atomic E-state index is 14.7. The Hall–Kier alpha value is -6.64. The largest absolute Gasteiger partial charge is 0.479 e. The fraction of sp³-hybridized carbons (Fsp3) is 0.383. The summed E-state index contributed by atoms with van der Waals surface area (Å²) in [7, 11) is 0. The number of aromatic nitrogens is 3. The molecule has 2 atom stereocenters. The monoisotopic (exact) mass is 939 g/mol. The Balaban J connectivity index is 0.000000752. The lowest BCUT2D eigenvalue weighted by molar-refractivity contribution is -0.165. The van der Waals surface area contributed by atoms with Gasteiger partial charge < -0.3 is 34.6 Å². The maximum absolute atomic E-state index is 14.7. The van der Waals surface area contributed by atoms with E-state index in [1.54, 1.807) is 47.6 Å². The van der Waals surface area contributed by atoms with Gasteiger partial charge in [0.2, 0.25) is 5.91 Å². The number of aryl methyl sites for hydroxylation is 2. The molecule has 15 nitrogen and oxygen atoms in total. The van der Waals surface area contributed by atoms with Crippen molar-refractivity contribution in [2.24, 2.45) is 0 Å². The Kier molecular flexibility index (Phi) is 16.7. The number of aliphatic hydroxyl groups is 2. The summed E-state index contributed by atoms with van der Waals surface area (Å²) in [5.41, 5.74) is 0.348. The van der Waals surface area contributed by atoms with E-state index in [2.05, 4.69) is 9.97 Å². The molecule has 0 aliphatic carbocycles. The number of aliphatic hydroxyl groups excluding tert-OH is 2. The van der Waals surface area contributed by atoms with Gasteiger partial charge in [-0.1, -0.05) is 42.5 Å². The Labute approximate surface area is 381 Å². The highest BCUT2D eigenvalue weighted by molar-refractivity contribution is 5.83. The summed E-state index contributed by atoms with van der Waals surface area (Å²) in [6.07, 6.45) is -6.55. The van der Waals surface area contributed by atoms with E-state index in [4.69, 9.17) is 25.2 Å². The van der Waals surface area contributed by atoms with Gasteiger partial charge in [-0.05, 0) is 99.5 Å². The van der Waals surface area contributed by atoms with Crippen molar-refractivity contribution in [1.82, 2.24) is 24.3 Å².